The first kappa shape index (κ1) is 14.6. The van der Waals surface area contributed by atoms with Crippen molar-refractivity contribution in [2.75, 3.05) is 11.4 Å². The van der Waals surface area contributed by atoms with Crippen LogP contribution in [0, 0.1) is 0 Å². The van der Waals surface area contributed by atoms with Crippen LogP contribution in [0.4, 0.5) is 5.69 Å². The zero-order valence-corrected chi connectivity index (χ0v) is 13.9. The van der Waals surface area contributed by atoms with Crippen molar-refractivity contribution < 1.29 is 0 Å². The second-order valence-corrected chi connectivity index (χ2v) is 6.44. The van der Waals surface area contributed by atoms with Gasteiger partial charge in [-0.1, -0.05) is 59.3 Å². The molecule has 1 heterocycles. The van der Waals surface area contributed by atoms with Gasteiger partial charge in [0.1, 0.15) is 0 Å². The highest BCUT2D eigenvalue weighted by molar-refractivity contribution is 9.10. The molecule has 0 bridgehead atoms. The molecule has 0 saturated heterocycles. The zero-order chi connectivity index (χ0) is 14.7. The van der Waals surface area contributed by atoms with Crippen LogP contribution in [-0.2, 0) is 13.1 Å². The SMILES string of the molecule is CCC1CN(Cc2ccccc2Br)c2ccccc2CN1. The van der Waals surface area contributed by atoms with Crippen molar-refractivity contribution in [3.63, 3.8) is 0 Å². The first-order valence-electron chi connectivity index (χ1n) is 7.57. The third-order valence-electron chi connectivity index (χ3n) is 4.17. The molecule has 0 aliphatic carbocycles. The Morgan fingerprint density at radius 1 is 1.14 bits per heavy atom. The summed E-state index contributed by atoms with van der Waals surface area (Å²) in [7, 11) is 0. The monoisotopic (exact) mass is 344 g/mol. The highest BCUT2D eigenvalue weighted by Gasteiger charge is 2.20. The fourth-order valence-electron chi connectivity index (χ4n) is 2.91. The van der Waals surface area contributed by atoms with Crippen molar-refractivity contribution in [2.45, 2.75) is 32.5 Å². The average molecular weight is 345 g/mol. The second kappa shape index (κ2) is 6.63. The summed E-state index contributed by atoms with van der Waals surface area (Å²) in [6.45, 7) is 5.21. The van der Waals surface area contributed by atoms with Crippen molar-refractivity contribution >= 4 is 21.6 Å². The lowest BCUT2D eigenvalue weighted by Gasteiger charge is -2.28. The summed E-state index contributed by atoms with van der Waals surface area (Å²) in [6, 6.07) is 17.8. The Labute approximate surface area is 135 Å². The minimum Gasteiger partial charge on any atom is -0.365 e. The van der Waals surface area contributed by atoms with Crippen LogP contribution in [0.3, 0.4) is 0 Å². The van der Waals surface area contributed by atoms with E-state index in [1.807, 2.05) is 0 Å². The normalized spacial score (nSPS) is 18.2. The third kappa shape index (κ3) is 3.30. The van der Waals surface area contributed by atoms with Crippen LogP contribution in [0.2, 0.25) is 0 Å². The van der Waals surface area contributed by atoms with Gasteiger partial charge in [-0.2, -0.15) is 0 Å². The molecule has 2 aromatic rings. The van der Waals surface area contributed by atoms with E-state index in [1.54, 1.807) is 0 Å². The van der Waals surface area contributed by atoms with Crippen molar-refractivity contribution in [3.8, 4) is 0 Å². The van der Waals surface area contributed by atoms with Crippen LogP contribution in [0.1, 0.15) is 24.5 Å². The van der Waals surface area contributed by atoms with Crippen LogP contribution in [0.5, 0.6) is 0 Å². The van der Waals surface area contributed by atoms with E-state index < -0.39 is 0 Å². The lowest BCUT2D eigenvalue weighted by molar-refractivity contribution is 0.502. The lowest BCUT2D eigenvalue weighted by Crippen LogP contribution is -2.37. The van der Waals surface area contributed by atoms with E-state index in [0.29, 0.717) is 6.04 Å². The number of nitrogens with zero attached hydrogens (tertiary/aromatic N) is 1. The maximum atomic E-state index is 3.67. The van der Waals surface area contributed by atoms with Gasteiger partial charge in [0.15, 0.2) is 0 Å². The van der Waals surface area contributed by atoms with E-state index in [4.69, 9.17) is 0 Å². The highest BCUT2D eigenvalue weighted by atomic mass is 79.9. The molecule has 110 valence electrons. The molecule has 0 amide bonds. The molecular formula is C18H21BrN2. The summed E-state index contributed by atoms with van der Waals surface area (Å²) in [5.74, 6) is 0. The molecule has 3 rings (SSSR count). The number of hydrogen-bond acceptors (Lipinski definition) is 2. The summed E-state index contributed by atoms with van der Waals surface area (Å²) in [5.41, 5.74) is 4.08. The summed E-state index contributed by atoms with van der Waals surface area (Å²) < 4.78 is 1.19. The fourth-order valence-corrected chi connectivity index (χ4v) is 3.32. The van der Waals surface area contributed by atoms with Gasteiger partial charge in [0, 0.05) is 35.8 Å². The van der Waals surface area contributed by atoms with E-state index in [9.17, 15) is 0 Å². The summed E-state index contributed by atoms with van der Waals surface area (Å²) >= 11 is 3.67. The number of rotatable bonds is 3. The van der Waals surface area contributed by atoms with Gasteiger partial charge in [0.05, 0.1) is 0 Å². The fraction of sp³-hybridized carbons (Fsp3) is 0.333. The standard InChI is InChI=1S/C18H21BrN2/c1-2-16-13-21(12-15-8-3-5-9-17(15)19)18-10-6-4-7-14(18)11-20-16/h3-10,16,20H,2,11-13H2,1H3. The Bertz CT molecular complexity index is 612. The molecule has 1 N–H and O–H groups in total. The molecule has 1 aliphatic heterocycles. The quantitative estimate of drug-likeness (QED) is 0.890. The van der Waals surface area contributed by atoms with Crippen molar-refractivity contribution in [2.24, 2.45) is 0 Å². The predicted molar refractivity (Wildman–Crippen MR) is 92.6 cm³/mol. The van der Waals surface area contributed by atoms with Gasteiger partial charge in [-0.3, -0.25) is 0 Å². The maximum Gasteiger partial charge on any atom is 0.0441 e. The zero-order valence-electron chi connectivity index (χ0n) is 12.3. The van der Waals surface area contributed by atoms with Crippen LogP contribution in [-0.4, -0.2) is 12.6 Å². The molecule has 2 nitrogen and oxygen atoms in total. The molecule has 21 heavy (non-hydrogen) atoms. The molecular weight excluding hydrogens is 324 g/mol. The number of anilines is 1. The molecule has 0 saturated carbocycles. The van der Waals surface area contributed by atoms with Crippen molar-refractivity contribution in [3.05, 3.63) is 64.1 Å². The van der Waals surface area contributed by atoms with Gasteiger partial charge >= 0.3 is 0 Å². The van der Waals surface area contributed by atoms with Gasteiger partial charge in [0.25, 0.3) is 0 Å². The van der Waals surface area contributed by atoms with E-state index in [1.165, 1.54) is 21.3 Å². The van der Waals surface area contributed by atoms with E-state index in [2.05, 4.69) is 81.6 Å². The van der Waals surface area contributed by atoms with Crippen LogP contribution in [0.15, 0.2) is 53.0 Å². The Hall–Kier alpha value is -1.32. The lowest BCUT2D eigenvalue weighted by atomic mass is 10.1. The summed E-state index contributed by atoms with van der Waals surface area (Å²) in [4.78, 5) is 2.50. The average Bonchev–Trinajstić information content (AvgIpc) is 2.69. The number of halogens is 1. The van der Waals surface area contributed by atoms with Gasteiger partial charge in [-0.25, -0.2) is 0 Å². The molecule has 1 unspecified atom stereocenters. The molecule has 2 aromatic carbocycles. The molecule has 0 aromatic heterocycles. The number of para-hydroxylation sites is 1. The van der Waals surface area contributed by atoms with Gasteiger partial charge in [0.2, 0.25) is 0 Å². The summed E-state index contributed by atoms with van der Waals surface area (Å²) in [6.07, 6.45) is 1.15. The van der Waals surface area contributed by atoms with Gasteiger partial charge in [-0.05, 0) is 29.7 Å². The van der Waals surface area contributed by atoms with E-state index >= 15 is 0 Å². The first-order chi connectivity index (χ1) is 10.3. The number of benzene rings is 2. The van der Waals surface area contributed by atoms with Crippen molar-refractivity contribution in [1.29, 1.82) is 0 Å². The molecule has 0 radical (unpaired) electrons. The topological polar surface area (TPSA) is 15.3 Å². The minimum absolute atomic E-state index is 0.542. The van der Waals surface area contributed by atoms with Crippen LogP contribution in [0.25, 0.3) is 0 Å². The Morgan fingerprint density at radius 3 is 2.71 bits per heavy atom. The number of nitrogens with one attached hydrogen (secondary N) is 1. The smallest absolute Gasteiger partial charge is 0.0441 e. The molecule has 1 atom stereocenters. The van der Waals surface area contributed by atoms with Gasteiger partial charge < -0.3 is 10.2 Å². The Kier molecular flexibility index (Phi) is 4.61. The first-order valence-corrected chi connectivity index (χ1v) is 8.37. The molecule has 1 aliphatic rings. The molecule has 0 spiro atoms. The third-order valence-corrected chi connectivity index (χ3v) is 4.94. The van der Waals surface area contributed by atoms with E-state index in [0.717, 1.165) is 26.1 Å². The van der Waals surface area contributed by atoms with E-state index in [-0.39, 0.29) is 0 Å². The van der Waals surface area contributed by atoms with Gasteiger partial charge in [-0.15, -0.1) is 0 Å². The van der Waals surface area contributed by atoms with Crippen LogP contribution < -0.4 is 10.2 Å². The molecule has 3 heteroatoms. The largest absolute Gasteiger partial charge is 0.365 e. The molecule has 0 fully saturated rings. The predicted octanol–water partition coefficient (Wildman–Crippen LogP) is 4.34. The second-order valence-electron chi connectivity index (χ2n) is 5.59. The number of hydrogen-bond donors (Lipinski definition) is 1. The Balaban J connectivity index is 1.92. The number of fused-ring (bicyclic) bond motifs is 1. The maximum absolute atomic E-state index is 3.67. The minimum atomic E-state index is 0.542. The summed E-state index contributed by atoms with van der Waals surface area (Å²) in [5, 5.41) is 3.66. The Morgan fingerprint density at radius 2 is 1.90 bits per heavy atom. The van der Waals surface area contributed by atoms with Crippen molar-refractivity contribution in [1.82, 2.24) is 5.32 Å². The highest BCUT2D eigenvalue weighted by Crippen LogP contribution is 2.27. The van der Waals surface area contributed by atoms with Crippen LogP contribution >= 0.6 is 15.9 Å².